The van der Waals surface area contributed by atoms with Crippen LogP contribution in [0.4, 0.5) is 5.69 Å². The van der Waals surface area contributed by atoms with Gasteiger partial charge in [-0.2, -0.15) is 0 Å². The number of hydrogen-bond acceptors (Lipinski definition) is 2. The Hall–Kier alpha value is -1.02. The van der Waals surface area contributed by atoms with Gasteiger partial charge in [0.05, 0.1) is 0 Å². The Kier molecular flexibility index (Phi) is 5.47. The quantitative estimate of drug-likeness (QED) is 0.841. The summed E-state index contributed by atoms with van der Waals surface area (Å²) in [5.41, 5.74) is 1.77. The number of rotatable bonds is 6. The number of unbranched alkanes of at least 4 members (excludes halogenated alkanes) is 1. The van der Waals surface area contributed by atoms with Crippen molar-refractivity contribution in [2.75, 3.05) is 24.5 Å². The molecule has 2 nitrogen and oxygen atoms in total. The minimum atomic E-state index is 0.400. The Balaban J connectivity index is 2.07. The maximum atomic E-state index is 3.74. The van der Waals surface area contributed by atoms with Crippen LogP contribution in [0, 0.1) is 5.41 Å². The van der Waals surface area contributed by atoms with Crippen molar-refractivity contribution in [3.63, 3.8) is 0 Å². The average Bonchev–Trinajstić information content (AvgIpc) is 2.46. The van der Waals surface area contributed by atoms with Crippen LogP contribution in [0.5, 0.6) is 0 Å². The first-order valence-electron chi connectivity index (χ1n) is 8.17. The molecule has 1 N–H and O–H groups in total. The molecule has 2 rings (SSSR count). The number of benzene rings is 1. The summed E-state index contributed by atoms with van der Waals surface area (Å²) in [5.74, 6) is 0. The van der Waals surface area contributed by atoms with Gasteiger partial charge in [-0.3, -0.25) is 0 Å². The molecular weight excluding hydrogens is 244 g/mol. The molecule has 0 radical (unpaired) electrons. The SMILES string of the molecule is CCCCN(CC1NCCCC1(C)C)c1ccccc1. The molecule has 0 aliphatic carbocycles. The first-order valence-corrected chi connectivity index (χ1v) is 8.17. The summed E-state index contributed by atoms with van der Waals surface area (Å²) in [6.45, 7) is 10.5. The molecule has 1 saturated heterocycles. The van der Waals surface area contributed by atoms with E-state index in [-0.39, 0.29) is 0 Å². The van der Waals surface area contributed by atoms with E-state index in [1.807, 2.05) is 0 Å². The summed E-state index contributed by atoms with van der Waals surface area (Å²) in [6, 6.07) is 11.5. The van der Waals surface area contributed by atoms with Crippen molar-refractivity contribution in [1.82, 2.24) is 5.32 Å². The molecule has 0 amide bonds. The molecule has 0 saturated carbocycles. The van der Waals surface area contributed by atoms with Gasteiger partial charge in [-0.1, -0.05) is 45.4 Å². The number of nitrogens with zero attached hydrogens (tertiary/aromatic N) is 1. The van der Waals surface area contributed by atoms with E-state index >= 15 is 0 Å². The number of piperidine rings is 1. The molecule has 0 aromatic heterocycles. The van der Waals surface area contributed by atoms with Crippen LogP contribution < -0.4 is 10.2 Å². The van der Waals surface area contributed by atoms with E-state index < -0.39 is 0 Å². The Morgan fingerprint density at radius 1 is 1.25 bits per heavy atom. The van der Waals surface area contributed by atoms with Gasteiger partial charge in [-0.15, -0.1) is 0 Å². The van der Waals surface area contributed by atoms with Crippen LogP contribution in [-0.2, 0) is 0 Å². The molecule has 1 atom stereocenters. The van der Waals surface area contributed by atoms with Gasteiger partial charge >= 0.3 is 0 Å². The van der Waals surface area contributed by atoms with Gasteiger partial charge < -0.3 is 10.2 Å². The second kappa shape index (κ2) is 7.12. The lowest BCUT2D eigenvalue weighted by Gasteiger charge is -2.42. The summed E-state index contributed by atoms with van der Waals surface area (Å²) < 4.78 is 0. The molecule has 1 aromatic carbocycles. The van der Waals surface area contributed by atoms with E-state index in [1.165, 1.54) is 37.9 Å². The Labute approximate surface area is 124 Å². The lowest BCUT2D eigenvalue weighted by Crippen LogP contribution is -2.53. The zero-order valence-electron chi connectivity index (χ0n) is 13.4. The highest BCUT2D eigenvalue weighted by Crippen LogP contribution is 2.31. The van der Waals surface area contributed by atoms with Crippen molar-refractivity contribution in [2.45, 2.75) is 52.5 Å². The van der Waals surface area contributed by atoms with E-state index in [2.05, 4.69) is 61.3 Å². The summed E-state index contributed by atoms with van der Waals surface area (Å²) >= 11 is 0. The Morgan fingerprint density at radius 2 is 2.00 bits per heavy atom. The van der Waals surface area contributed by atoms with Gasteiger partial charge in [-0.05, 0) is 43.4 Å². The van der Waals surface area contributed by atoms with Gasteiger partial charge in [0.25, 0.3) is 0 Å². The molecule has 2 heteroatoms. The fraction of sp³-hybridized carbons (Fsp3) is 0.667. The number of para-hydroxylation sites is 1. The summed E-state index contributed by atoms with van der Waals surface area (Å²) in [6.07, 6.45) is 5.16. The maximum absolute atomic E-state index is 3.74. The Bertz CT molecular complexity index is 386. The van der Waals surface area contributed by atoms with E-state index in [4.69, 9.17) is 0 Å². The normalized spacial score (nSPS) is 21.6. The lowest BCUT2D eigenvalue weighted by atomic mass is 9.77. The van der Waals surface area contributed by atoms with E-state index in [0.717, 1.165) is 13.1 Å². The molecule has 1 aromatic rings. The highest BCUT2D eigenvalue weighted by molar-refractivity contribution is 5.46. The summed E-state index contributed by atoms with van der Waals surface area (Å²) in [7, 11) is 0. The predicted octanol–water partition coefficient (Wildman–Crippen LogP) is 4.07. The van der Waals surface area contributed by atoms with Crippen molar-refractivity contribution in [3.05, 3.63) is 30.3 Å². The third kappa shape index (κ3) is 3.99. The Morgan fingerprint density at radius 3 is 2.65 bits per heavy atom. The van der Waals surface area contributed by atoms with Crippen LogP contribution in [0.2, 0.25) is 0 Å². The van der Waals surface area contributed by atoms with Crippen molar-refractivity contribution in [2.24, 2.45) is 5.41 Å². The van der Waals surface area contributed by atoms with Crippen molar-refractivity contribution in [3.8, 4) is 0 Å². The molecule has 1 heterocycles. The molecule has 0 spiro atoms. The largest absolute Gasteiger partial charge is 0.370 e. The zero-order valence-corrected chi connectivity index (χ0v) is 13.4. The topological polar surface area (TPSA) is 15.3 Å². The molecular formula is C18H30N2. The third-order valence-corrected chi connectivity index (χ3v) is 4.64. The highest BCUT2D eigenvalue weighted by Gasteiger charge is 2.33. The van der Waals surface area contributed by atoms with E-state index in [1.54, 1.807) is 0 Å². The van der Waals surface area contributed by atoms with Gasteiger partial charge in [0, 0.05) is 24.8 Å². The monoisotopic (exact) mass is 274 g/mol. The minimum absolute atomic E-state index is 0.400. The van der Waals surface area contributed by atoms with Crippen LogP contribution in [0.3, 0.4) is 0 Å². The van der Waals surface area contributed by atoms with Gasteiger partial charge in [0.1, 0.15) is 0 Å². The molecule has 0 bridgehead atoms. The summed E-state index contributed by atoms with van der Waals surface area (Å²) in [4.78, 5) is 2.56. The first kappa shape index (κ1) is 15.4. The average molecular weight is 274 g/mol. The van der Waals surface area contributed by atoms with Crippen LogP contribution >= 0.6 is 0 Å². The van der Waals surface area contributed by atoms with Crippen LogP contribution in [0.1, 0.15) is 46.5 Å². The molecule has 112 valence electrons. The van der Waals surface area contributed by atoms with Crippen molar-refractivity contribution in [1.29, 1.82) is 0 Å². The second-order valence-corrected chi connectivity index (χ2v) is 6.73. The first-order chi connectivity index (χ1) is 9.63. The molecule has 1 fully saturated rings. The molecule has 1 aliphatic rings. The highest BCUT2D eigenvalue weighted by atomic mass is 15.2. The van der Waals surface area contributed by atoms with Crippen LogP contribution in [0.15, 0.2) is 30.3 Å². The third-order valence-electron chi connectivity index (χ3n) is 4.64. The van der Waals surface area contributed by atoms with E-state index in [0.29, 0.717) is 11.5 Å². The number of hydrogen-bond donors (Lipinski definition) is 1. The van der Waals surface area contributed by atoms with Crippen LogP contribution in [0.25, 0.3) is 0 Å². The zero-order chi connectivity index (χ0) is 14.4. The molecule has 1 unspecified atom stereocenters. The lowest BCUT2D eigenvalue weighted by molar-refractivity contribution is 0.182. The van der Waals surface area contributed by atoms with Gasteiger partial charge in [0.2, 0.25) is 0 Å². The minimum Gasteiger partial charge on any atom is -0.370 e. The molecule has 20 heavy (non-hydrogen) atoms. The van der Waals surface area contributed by atoms with Gasteiger partial charge in [-0.25, -0.2) is 0 Å². The smallest absolute Gasteiger partial charge is 0.0366 e. The van der Waals surface area contributed by atoms with Crippen molar-refractivity contribution >= 4 is 5.69 Å². The second-order valence-electron chi connectivity index (χ2n) is 6.73. The van der Waals surface area contributed by atoms with E-state index in [9.17, 15) is 0 Å². The molecule has 1 aliphatic heterocycles. The predicted molar refractivity (Wildman–Crippen MR) is 88.4 cm³/mol. The summed E-state index contributed by atoms with van der Waals surface area (Å²) in [5, 5.41) is 3.74. The van der Waals surface area contributed by atoms with Gasteiger partial charge in [0.15, 0.2) is 0 Å². The maximum Gasteiger partial charge on any atom is 0.0366 e. The fourth-order valence-corrected chi connectivity index (χ4v) is 3.12. The van der Waals surface area contributed by atoms with Crippen molar-refractivity contribution < 1.29 is 0 Å². The van der Waals surface area contributed by atoms with Crippen LogP contribution in [-0.4, -0.2) is 25.7 Å². The number of nitrogens with one attached hydrogen (secondary N) is 1. The fourth-order valence-electron chi connectivity index (χ4n) is 3.12. The number of anilines is 1. The standard InChI is InChI=1S/C18H30N2/c1-4-5-14-20(16-10-7-6-8-11-16)15-17-18(2,3)12-9-13-19-17/h6-8,10-11,17,19H,4-5,9,12-15H2,1-3H3.